The molecule has 0 radical (unpaired) electrons. The monoisotopic (exact) mass is 242 g/mol. The third-order valence-corrected chi connectivity index (χ3v) is 3.96. The maximum absolute atomic E-state index is 8.73. The minimum absolute atomic E-state index is 0.331. The Morgan fingerprint density at radius 2 is 1.88 bits per heavy atom. The molecule has 1 aliphatic rings. The lowest BCUT2D eigenvalue weighted by Gasteiger charge is -2.27. The van der Waals surface area contributed by atoms with Crippen LogP contribution >= 0.6 is 0 Å². The average Bonchev–Trinajstić information content (AvgIpc) is 2.51. The summed E-state index contributed by atoms with van der Waals surface area (Å²) in [4.78, 5) is 2.42. The number of rotatable bonds is 7. The van der Waals surface area contributed by atoms with Gasteiger partial charge in [-0.1, -0.05) is 19.3 Å². The van der Waals surface area contributed by atoms with E-state index in [-0.39, 0.29) is 0 Å². The predicted molar refractivity (Wildman–Crippen MR) is 73.0 cm³/mol. The number of nitrogens with zero attached hydrogens (tertiary/aromatic N) is 1. The summed E-state index contributed by atoms with van der Waals surface area (Å²) in [5.74, 6) is 0.695. The summed E-state index contributed by atoms with van der Waals surface area (Å²) in [6.07, 6.45) is 9.83. The van der Waals surface area contributed by atoms with Gasteiger partial charge in [0.2, 0.25) is 0 Å². The molecule has 3 heteroatoms. The van der Waals surface area contributed by atoms with E-state index in [9.17, 15) is 0 Å². The van der Waals surface area contributed by atoms with Crippen molar-refractivity contribution in [3.05, 3.63) is 0 Å². The van der Waals surface area contributed by atoms with Crippen molar-refractivity contribution in [1.29, 1.82) is 0 Å². The molecule has 1 saturated carbocycles. The summed E-state index contributed by atoms with van der Waals surface area (Å²) < 4.78 is 0. The van der Waals surface area contributed by atoms with E-state index in [1.165, 1.54) is 38.5 Å². The van der Waals surface area contributed by atoms with Crippen LogP contribution in [-0.2, 0) is 0 Å². The van der Waals surface area contributed by atoms with Gasteiger partial charge in [0.25, 0.3) is 0 Å². The molecule has 2 unspecified atom stereocenters. The van der Waals surface area contributed by atoms with E-state index < -0.39 is 0 Å². The number of hydrogen-bond acceptors (Lipinski definition) is 3. The molecule has 0 aromatic carbocycles. The summed E-state index contributed by atoms with van der Waals surface area (Å²) in [6.45, 7) is 2.63. The highest BCUT2D eigenvalue weighted by Crippen LogP contribution is 2.22. The summed E-state index contributed by atoms with van der Waals surface area (Å²) in [6, 6.07) is 0.414. The smallest absolute Gasteiger partial charge is 0.0431 e. The fraction of sp³-hybridized carbons (Fsp3) is 1.00. The van der Waals surface area contributed by atoms with Crippen LogP contribution in [0.3, 0.4) is 0 Å². The normalized spacial score (nSPS) is 26.1. The van der Waals surface area contributed by atoms with E-state index in [1.807, 2.05) is 0 Å². The van der Waals surface area contributed by atoms with E-state index in [0.29, 0.717) is 18.6 Å². The average molecular weight is 242 g/mol. The van der Waals surface area contributed by atoms with Gasteiger partial charge in [-0.15, -0.1) is 0 Å². The summed E-state index contributed by atoms with van der Waals surface area (Å²) in [5, 5.41) is 8.73. The van der Waals surface area contributed by atoms with Gasteiger partial charge in [0, 0.05) is 19.2 Å². The van der Waals surface area contributed by atoms with Crippen molar-refractivity contribution in [1.82, 2.24) is 4.90 Å². The minimum Gasteiger partial charge on any atom is -0.396 e. The number of nitrogens with two attached hydrogens (primary N) is 1. The van der Waals surface area contributed by atoms with Gasteiger partial charge in [-0.2, -0.15) is 0 Å². The second kappa shape index (κ2) is 8.90. The number of unbranched alkanes of at least 4 members (excludes halogenated alkanes) is 2. The Morgan fingerprint density at radius 1 is 1.12 bits per heavy atom. The summed E-state index contributed by atoms with van der Waals surface area (Å²) >= 11 is 0. The zero-order valence-electron chi connectivity index (χ0n) is 11.4. The lowest BCUT2D eigenvalue weighted by Crippen LogP contribution is -2.37. The largest absolute Gasteiger partial charge is 0.396 e. The van der Waals surface area contributed by atoms with Gasteiger partial charge in [-0.25, -0.2) is 0 Å². The molecule has 0 aliphatic heterocycles. The van der Waals surface area contributed by atoms with E-state index in [0.717, 1.165) is 25.9 Å². The molecule has 0 spiro atoms. The minimum atomic E-state index is 0.331. The molecule has 102 valence electrons. The summed E-state index contributed by atoms with van der Waals surface area (Å²) in [7, 11) is 2.20. The van der Waals surface area contributed by atoms with Crippen molar-refractivity contribution >= 4 is 0 Å². The van der Waals surface area contributed by atoms with Crippen LogP contribution in [0.15, 0.2) is 0 Å². The molecule has 0 bridgehead atoms. The topological polar surface area (TPSA) is 49.5 Å². The molecule has 1 fully saturated rings. The number of aliphatic hydroxyl groups is 1. The van der Waals surface area contributed by atoms with Crippen LogP contribution in [0.5, 0.6) is 0 Å². The molecule has 0 aromatic heterocycles. The Bertz CT molecular complexity index is 187. The Kier molecular flexibility index (Phi) is 7.82. The number of aliphatic hydroxyl groups excluding tert-OH is 1. The predicted octanol–water partition coefficient (Wildman–Crippen LogP) is 1.99. The first-order valence-electron chi connectivity index (χ1n) is 7.29. The molecule has 1 aliphatic carbocycles. The first-order chi connectivity index (χ1) is 8.24. The Morgan fingerprint density at radius 3 is 2.65 bits per heavy atom. The zero-order valence-corrected chi connectivity index (χ0v) is 11.4. The van der Waals surface area contributed by atoms with Gasteiger partial charge in [0.05, 0.1) is 0 Å². The van der Waals surface area contributed by atoms with Gasteiger partial charge in [0.1, 0.15) is 0 Å². The molecule has 2 atom stereocenters. The van der Waals surface area contributed by atoms with Crippen LogP contribution in [0, 0.1) is 5.92 Å². The molecular weight excluding hydrogens is 212 g/mol. The van der Waals surface area contributed by atoms with E-state index in [2.05, 4.69) is 11.9 Å². The number of hydrogen-bond donors (Lipinski definition) is 2. The van der Waals surface area contributed by atoms with Crippen LogP contribution in [0.1, 0.15) is 51.4 Å². The second-order valence-electron chi connectivity index (χ2n) is 5.61. The third-order valence-electron chi connectivity index (χ3n) is 3.96. The molecule has 17 heavy (non-hydrogen) atoms. The van der Waals surface area contributed by atoms with Crippen LogP contribution in [0.2, 0.25) is 0 Å². The zero-order chi connectivity index (χ0) is 12.5. The van der Waals surface area contributed by atoms with Crippen molar-refractivity contribution in [3.8, 4) is 0 Å². The first kappa shape index (κ1) is 14.9. The SMILES string of the molecule is CN(CCCCCO)CC1CCCCCC1N. The van der Waals surface area contributed by atoms with Gasteiger partial charge < -0.3 is 15.7 Å². The fourth-order valence-electron chi connectivity index (χ4n) is 2.80. The van der Waals surface area contributed by atoms with Crippen molar-refractivity contribution in [2.75, 3.05) is 26.7 Å². The van der Waals surface area contributed by atoms with Gasteiger partial charge in [-0.05, 0) is 51.6 Å². The van der Waals surface area contributed by atoms with Crippen molar-refractivity contribution in [3.63, 3.8) is 0 Å². The molecule has 0 amide bonds. The second-order valence-corrected chi connectivity index (χ2v) is 5.61. The lowest BCUT2D eigenvalue weighted by atomic mass is 9.95. The van der Waals surface area contributed by atoms with Crippen LogP contribution < -0.4 is 5.73 Å². The highest BCUT2D eigenvalue weighted by atomic mass is 16.2. The Labute approximate surface area is 106 Å². The molecule has 0 saturated heterocycles. The van der Waals surface area contributed by atoms with Crippen LogP contribution in [0.25, 0.3) is 0 Å². The quantitative estimate of drug-likeness (QED) is 0.530. The third kappa shape index (κ3) is 6.39. The van der Waals surface area contributed by atoms with Gasteiger partial charge >= 0.3 is 0 Å². The highest BCUT2D eigenvalue weighted by molar-refractivity contribution is 4.78. The van der Waals surface area contributed by atoms with Crippen LogP contribution in [-0.4, -0.2) is 42.8 Å². The molecule has 3 N–H and O–H groups in total. The maximum atomic E-state index is 8.73. The lowest BCUT2D eigenvalue weighted by molar-refractivity contribution is 0.233. The van der Waals surface area contributed by atoms with Crippen molar-refractivity contribution in [2.45, 2.75) is 57.4 Å². The molecular formula is C14H30N2O. The van der Waals surface area contributed by atoms with E-state index >= 15 is 0 Å². The van der Waals surface area contributed by atoms with Crippen LogP contribution in [0.4, 0.5) is 0 Å². The van der Waals surface area contributed by atoms with Gasteiger partial charge in [-0.3, -0.25) is 0 Å². The van der Waals surface area contributed by atoms with E-state index in [4.69, 9.17) is 10.8 Å². The van der Waals surface area contributed by atoms with Crippen molar-refractivity contribution < 1.29 is 5.11 Å². The molecule has 3 nitrogen and oxygen atoms in total. The molecule has 0 heterocycles. The highest BCUT2D eigenvalue weighted by Gasteiger charge is 2.21. The molecule has 1 rings (SSSR count). The first-order valence-corrected chi connectivity index (χ1v) is 7.29. The standard InChI is InChI=1S/C14H30N2O/c1-16(10-6-3-7-11-17)12-13-8-4-2-5-9-14(13)15/h13-14,17H,2-12,15H2,1H3. The van der Waals surface area contributed by atoms with Crippen molar-refractivity contribution in [2.24, 2.45) is 11.7 Å². The molecule has 0 aromatic rings. The Hall–Kier alpha value is -0.120. The Balaban J connectivity index is 2.16. The fourth-order valence-corrected chi connectivity index (χ4v) is 2.80. The maximum Gasteiger partial charge on any atom is 0.0431 e. The van der Waals surface area contributed by atoms with E-state index in [1.54, 1.807) is 0 Å². The summed E-state index contributed by atoms with van der Waals surface area (Å²) in [5.41, 5.74) is 6.24. The van der Waals surface area contributed by atoms with Gasteiger partial charge in [0.15, 0.2) is 0 Å².